The van der Waals surface area contributed by atoms with Crippen molar-refractivity contribution < 1.29 is 4.79 Å². The van der Waals surface area contributed by atoms with Gasteiger partial charge in [0.25, 0.3) is 5.91 Å². The Morgan fingerprint density at radius 3 is 2.85 bits per heavy atom. The molecule has 0 saturated carbocycles. The van der Waals surface area contributed by atoms with Crippen LogP contribution in [0.25, 0.3) is 0 Å². The molecule has 1 fully saturated rings. The maximum atomic E-state index is 12.4. The summed E-state index contributed by atoms with van der Waals surface area (Å²) in [5, 5.41) is 7.11. The molecule has 2 heterocycles. The zero-order chi connectivity index (χ0) is 14.7. The van der Waals surface area contributed by atoms with Gasteiger partial charge in [-0.05, 0) is 58.7 Å². The van der Waals surface area contributed by atoms with E-state index in [2.05, 4.69) is 17.6 Å². The monoisotopic (exact) mass is 297 g/mol. The third-order valence-corrected chi connectivity index (χ3v) is 4.21. The van der Waals surface area contributed by atoms with Gasteiger partial charge in [0.05, 0.1) is 5.02 Å². The third-order valence-electron chi connectivity index (χ3n) is 4.01. The molecule has 112 valence electrons. The molecule has 2 unspecified atom stereocenters. The van der Waals surface area contributed by atoms with Crippen molar-refractivity contribution in [1.29, 1.82) is 0 Å². The van der Waals surface area contributed by atoms with Crippen LogP contribution in [0.4, 0.5) is 0 Å². The lowest BCUT2D eigenvalue weighted by Crippen LogP contribution is -2.45. The number of rotatable bonds is 4. The summed E-state index contributed by atoms with van der Waals surface area (Å²) < 4.78 is 1.92. The Morgan fingerprint density at radius 2 is 2.25 bits per heavy atom. The number of nitrogens with zero attached hydrogens (tertiary/aromatic N) is 1. The Morgan fingerprint density at radius 1 is 1.50 bits per heavy atom. The maximum absolute atomic E-state index is 12.4. The predicted molar refractivity (Wildman–Crippen MR) is 82.3 cm³/mol. The number of amides is 1. The Bertz CT molecular complexity index is 464. The van der Waals surface area contributed by atoms with Crippen molar-refractivity contribution in [2.75, 3.05) is 13.1 Å². The molecule has 5 heteroatoms. The molecule has 0 bridgehead atoms. The third kappa shape index (κ3) is 3.55. The summed E-state index contributed by atoms with van der Waals surface area (Å²) in [7, 11) is 0. The fourth-order valence-electron chi connectivity index (χ4n) is 2.76. The molecular formula is C15H24ClN3O. The molecule has 2 atom stereocenters. The number of hydrogen-bond donors (Lipinski definition) is 2. The molecule has 2 N–H and O–H groups in total. The van der Waals surface area contributed by atoms with Gasteiger partial charge in [-0.25, -0.2) is 0 Å². The summed E-state index contributed by atoms with van der Waals surface area (Å²) >= 11 is 6.03. The predicted octanol–water partition coefficient (Wildman–Crippen LogP) is 2.84. The Kier molecular flexibility index (Phi) is 5.11. The number of carbonyl (C=O) groups excluding carboxylic acids is 1. The molecule has 2 rings (SSSR count). The van der Waals surface area contributed by atoms with Gasteiger partial charge in [-0.3, -0.25) is 4.79 Å². The van der Waals surface area contributed by atoms with Gasteiger partial charge in [0.1, 0.15) is 5.69 Å². The number of carbonyl (C=O) groups is 1. The highest BCUT2D eigenvalue weighted by atomic mass is 35.5. The van der Waals surface area contributed by atoms with E-state index in [0.717, 1.165) is 13.1 Å². The highest BCUT2D eigenvalue weighted by Gasteiger charge is 2.23. The Hall–Kier alpha value is -1.00. The van der Waals surface area contributed by atoms with Crippen LogP contribution in [0.5, 0.6) is 0 Å². The second-order valence-electron chi connectivity index (χ2n) is 5.91. The second-order valence-corrected chi connectivity index (χ2v) is 6.35. The first-order valence-corrected chi connectivity index (χ1v) is 7.75. The van der Waals surface area contributed by atoms with Crippen LogP contribution in [0.15, 0.2) is 12.3 Å². The van der Waals surface area contributed by atoms with E-state index in [9.17, 15) is 4.79 Å². The van der Waals surface area contributed by atoms with Crippen molar-refractivity contribution in [1.82, 2.24) is 15.2 Å². The normalized spacial score (nSPS) is 20.9. The summed E-state index contributed by atoms with van der Waals surface area (Å²) in [6.07, 6.45) is 4.16. The van der Waals surface area contributed by atoms with Crippen molar-refractivity contribution >= 4 is 17.5 Å². The first-order chi connectivity index (χ1) is 9.49. The first kappa shape index (κ1) is 15.4. The van der Waals surface area contributed by atoms with Gasteiger partial charge in [0, 0.05) is 18.3 Å². The van der Waals surface area contributed by atoms with Crippen LogP contribution in [-0.2, 0) is 0 Å². The van der Waals surface area contributed by atoms with Crippen molar-refractivity contribution in [2.24, 2.45) is 5.92 Å². The van der Waals surface area contributed by atoms with Crippen LogP contribution >= 0.6 is 11.6 Å². The van der Waals surface area contributed by atoms with Gasteiger partial charge in [-0.1, -0.05) is 11.6 Å². The molecule has 1 saturated heterocycles. The van der Waals surface area contributed by atoms with Crippen molar-refractivity contribution in [3.8, 4) is 0 Å². The van der Waals surface area contributed by atoms with Crippen LogP contribution in [0.2, 0.25) is 5.02 Å². The van der Waals surface area contributed by atoms with Crippen LogP contribution in [0, 0.1) is 5.92 Å². The van der Waals surface area contributed by atoms with E-state index in [1.165, 1.54) is 12.8 Å². The molecule has 1 amide bonds. The lowest BCUT2D eigenvalue weighted by Gasteiger charge is -2.29. The van der Waals surface area contributed by atoms with Gasteiger partial charge in [0.2, 0.25) is 0 Å². The fourth-order valence-corrected chi connectivity index (χ4v) is 2.97. The van der Waals surface area contributed by atoms with Crippen LogP contribution in [0.1, 0.15) is 50.1 Å². The van der Waals surface area contributed by atoms with E-state index < -0.39 is 0 Å². The van der Waals surface area contributed by atoms with E-state index in [-0.39, 0.29) is 18.0 Å². The highest BCUT2D eigenvalue weighted by Crippen LogP contribution is 2.20. The quantitative estimate of drug-likeness (QED) is 0.898. The topological polar surface area (TPSA) is 46.1 Å². The van der Waals surface area contributed by atoms with Crippen LogP contribution < -0.4 is 10.6 Å². The summed E-state index contributed by atoms with van der Waals surface area (Å²) in [4.78, 5) is 12.4. The smallest absolute Gasteiger partial charge is 0.268 e. The summed E-state index contributed by atoms with van der Waals surface area (Å²) in [6.45, 7) is 8.24. The zero-order valence-corrected chi connectivity index (χ0v) is 13.2. The van der Waals surface area contributed by atoms with Gasteiger partial charge in [-0.15, -0.1) is 0 Å². The first-order valence-electron chi connectivity index (χ1n) is 7.38. The van der Waals surface area contributed by atoms with E-state index in [1.54, 1.807) is 6.07 Å². The Labute approximate surface area is 125 Å². The number of nitrogens with one attached hydrogen (secondary N) is 2. The van der Waals surface area contributed by atoms with Gasteiger partial charge < -0.3 is 15.2 Å². The van der Waals surface area contributed by atoms with Crippen molar-refractivity contribution in [3.63, 3.8) is 0 Å². The van der Waals surface area contributed by atoms with E-state index in [1.807, 2.05) is 24.6 Å². The average Bonchev–Trinajstić information content (AvgIpc) is 2.82. The molecule has 1 aromatic heterocycles. The van der Waals surface area contributed by atoms with Crippen molar-refractivity contribution in [3.05, 3.63) is 23.0 Å². The van der Waals surface area contributed by atoms with Crippen LogP contribution in [-0.4, -0.2) is 29.6 Å². The number of hydrogen-bond acceptors (Lipinski definition) is 2. The van der Waals surface area contributed by atoms with E-state index in [4.69, 9.17) is 11.6 Å². The number of halogens is 1. The number of piperidine rings is 1. The second kappa shape index (κ2) is 6.64. The van der Waals surface area contributed by atoms with Gasteiger partial charge in [-0.2, -0.15) is 0 Å². The van der Waals surface area contributed by atoms with Gasteiger partial charge in [0.15, 0.2) is 0 Å². The minimum absolute atomic E-state index is 0.0383. The Balaban J connectivity index is 2.04. The number of aromatic nitrogens is 1. The van der Waals surface area contributed by atoms with E-state index >= 15 is 0 Å². The molecule has 1 aliphatic rings. The maximum Gasteiger partial charge on any atom is 0.268 e. The minimum Gasteiger partial charge on any atom is -0.348 e. The summed E-state index contributed by atoms with van der Waals surface area (Å²) in [6, 6.07) is 2.13. The molecule has 20 heavy (non-hydrogen) atoms. The van der Waals surface area contributed by atoms with Crippen LogP contribution in [0.3, 0.4) is 0 Å². The SMILES string of the molecule is CC(NC(=O)c1cc(Cl)cn1C(C)C)C1CCCNC1. The lowest BCUT2D eigenvalue weighted by atomic mass is 9.93. The fraction of sp³-hybridized carbons (Fsp3) is 0.667. The molecule has 0 spiro atoms. The minimum atomic E-state index is -0.0383. The van der Waals surface area contributed by atoms with Gasteiger partial charge >= 0.3 is 0 Å². The summed E-state index contributed by atoms with van der Waals surface area (Å²) in [5.41, 5.74) is 0.639. The molecule has 4 nitrogen and oxygen atoms in total. The average molecular weight is 298 g/mol. The molecule has 1 aromatic rings. The standard InChI is InChI=1S/C15H24ClN3O/c1-10(2)19-9-13(16)7-14(19)15(20)18-11(3)12-5-4-6-17-8-12/h7,9-12,17H,4-6,8H2,1-3H3,(H,18,20). The largest absolute Gasteiger partial charge is 0.348 e. The van der Waals surface area contributed by atoms with E-state index in [0.29, 0.717) is 16.6 Å². The van der Waals surface area contributed by atoms with Crippen molar-refractivity contribution in [2.45, 2.75) is 45.7 Å². The highest BCUT2D eigenvalue weighted by molar-refractivity contribution is 6.31. The zero-order valence-electron chi connectivity index (χ0n) is 12.4. The molecule has 0 aliphatic carbocycles. The lowest BCUT2D eigenvalue weighted by molar-refractivity contribution is 0.0911. The molecular weight excluding hydrogens is 274 g/mol. The molecule has 0 radical (unpaired) electrons. The summed E-state index contributed by atoms with van der Waals surface area (Å²) in [5.74, 6) is 0.467. The molecule has 1 aliphatic heterocycles. The molecule has 0 aromatic carbocycles.